The molecule has 3 aromatic heterocycles. The van der Waals surface area contributed by atoms with Gasteiger partial charge in [-0.1, -0.05) is 55.8 Å². The monoisotopic (exact) mass is 581 g/mol. The molecule has 0 aliphatic carbocycles. The highest BCUT2D eigenvalue weighted by atomic mass is 35.5. The predicted octanol–water partition coefficient (Wildman–Crippen LogP) is 5.03. The second-order valence-electron chi connectivity index (χ2n) is 9.81. The molecule has 40 heavy (non-hydrogen) atoms. The van der Waals surface area contributed by atoms with Gasteiger partial charge in [0.05, 0.1) is 21.8 Å². The number of fused-ring (bicyclic) bond motifs is 1. The third-order valence-electron chi connectivity index (χ3n) is 6.89. The Kier molecular flexibility index (Phi) is 7.57. The Labute approximate surface area is 239 Å². The van der Waals surface area contributed by atoms with E-state index < -0.39 is 11.5 Å². The van der Waals surface area contributed by atoms with Crippen LogP contribution in [0.15, 0.2) is 54.1 Å². The zero-order valence-corrected chi connectivity index (χ0v) is 23.6. The highest BCUT2D eigenvalue weighted by Crippen LogP contribution is 2.36. The Balaban J connectivity index is 1.81. The van der Waals surface area contributed by atoms with Crippen LogP contribution in [0.3, 0.4) is 0 Å². The number of rotatable bonds is 5. The lowest BCUT2D eigenvalue weighted by Gasteiger charge is -2.40. The summed E-state index contributed by atoms with van der Waals surface area (Å²) in [5.74, 6) is -0.451. The summed E-state index contributed by atoms with van der Waals surface area (Å²) in [6, 6.07) is 7.56. The number of nitrogens with zero attached hydrogens (tertiary/aromatic N) is 7. The van der Waals surface area contributed by atoms with Gasteiger partial charge in [-0.15, -0.1) is 0 Å². The van der Waals surface area contributed by atoms with Crippen LogP contribution in [0, 0.1) is 5.82 Å². The molecule has 5 rings (SSSR count). The van der Waals surface area contributed by atoms with Gasteiger partial charge in [0, 0.05) is 31.2 Å². The van der Waals surface area contributed by atoms with Crippen molar-refractivity contribution in [2.75, 3.05) is 24.5 Å². The third-order valence-corrected chi connectivity index (χ3v) is 7.46. The van der Waals surface area contributed by atoms with Gasteiger partial charge in [-0.25, -0.2) is 28.7 Å². The van der Waals surface area contributed by atoms with E-state index in [1.807, 2.05) is 25.7 Å². The molecule has 9 nitrogen and oxygen atoms in total. The smallest absolute Gasteiger partial charge is 0.350 e. The van der Waals surface area contributed by atoms with Crippen LogP contribution >= 0.6 is 23.2 Å². The van der Waals surface area contributed by atoms with Crippen molar-refractivity contribution in [2.24, 2.45) is 0 Å². The van der Waals surface area contributed by atoms with Crippen LogP contribution in [-0.2, 0) is 4.79 Å². The maximum absolute atomic E-state index is 14.9. The fraction of sp³-hybridized carbons (Fsp3) is 0.286. The Morgan fingerprint density at radius 3 is 2.60 bits per heavy atom. The van der Waals surface area contributed by atoms with E-state index in [0.717, 1.165) is 0 Å². The van der Waals surface area contributed by atoms with Gasteiger partial charge in [-0.2, -0.15) is 4.98 Å². The average molecular weight is 582 g/mol. The van der Waals surface area contributed by atoms with Gasteiger partial charge in [-0.3, -0.25) is 4.79 Å². The van der Waals surface area contributed by atoms with Crippen molar-refractivity contribution in [3.63, 3.8) is 0 Å². The van der Waals surface area contributed by atoms with Crippen LogP contribution in [0.2, 0.25) is 10.2 Å². The minimum absolute atomic E-state index is 0.0470. The Morgan fingerprint density at radius 1 is 1.18 bits per heavy atom. The van der Waals surface area contributed by atoms with Gasteiger partial charge in [0.15, 0.2) is 10.8 Å². The van der Waals surface area contributed by atoms with Gasteiger partial charge in [-0.05, 0) is 37.1 Å². The average Bonchev–Trinajstić information content (AvgIpc) is 2.93. The first-order valence-corrected chi connectivity index (χ1v) is 13.4. The molecule has 0 bridgehead atoms. The third kappa shape index (κ3) is 4.82. The molecule has 12 heteroatoms. The zero-order chi connectivity index (χ0) is 28.7. The summed E-state index contributed by atoms with van der Waals surface area (Å²) in [6.45, 7) is 10.6. The Bertz CT molecular complexity index is 1710. The van der Waals surface area contributed by atoms with Crippen LogP contribution in [0.1, 0.15) is 32.4 Å². The second-order valence-corrected chi connectivity index (χ2v) is 10.6. The number of hydrogen-bond acceptors (Lipinski definition) is 7. The van der Waals surface area contributed by atoms with E-state index in [-0.39, 0.29) is 50.6 Å². The molecule has 0 unspecified atom stereocenters. The number of benzene rings is 1. The molecule has 0 radical (unpaired) electrons. The molecule has 1 aliphatic rings. The lowest BCUT2D eigenvalue weighted by atomic mass is 10.1. The molecule has 1 fully saturated rings. The maximum atomic E-state index is 14.9. The van der Waals surface area contributed by atoms with Crippen LogP contribution in [0.25, 0.3) is 28.0 Å². The number of carbonyl (C=O) groups excluding carboxylic acids is 1. The van der Waals surface area contributed by atoms with E-state index in [1.54, 1.807) is 29.2 Å². The summed E-state index contributed by atoms with van der Waals surface area (Å²) >= 11 is 13.3. The molecule has 1 atom stereocenters. The molecule has 4 aromatic rings. The van der Waals surface area contributed by atoms with Crippen molar-refractivity contribution in [3.8, 4) is 16.9 Å². The van der Waals surface area contributed by atoms with Crippen LogP contribution < -0.4 is 10.6 Å². The van der Waals surface area contributed by atoms with E-state index in [2.05, 4.69) is 21.5 Å². The first-order chi connectivity index (χ1) is 19.1. The summed E-state index contributed by atoms with van der Waals surface area (Å²) in [7, 11) is 0. The molecule has 0 spiro atoms. The summed E-state index contributed by atoms with van der Waals surface area (Å²) in [4.78, 5) is 47.4. The van der Waals surface area contributed by atoms with Crippen molar-refractivity contribution in [1.29, 1.82) is 0 Å². The van der Waals surface area contributed by atoms with E-state index in [9.17, 15) is 14.0 Å². The van der Waals surface area contributed by atoms with Crippen molar-refractivity contribution >= 4 is 46.0 Å². The number of amides is 1. The van der Waals surface area contributed by atoms with Gasteiger partial charge in [0.2, 0.25) is 5.91 Å². The molecule has 1 amide bonds. The van der Waals surface area contributed by atoms with Crippen molar-refractivity contribution in [2.45, 2.75) is 32.7 Å². The molecule has 4 heterocycles. The van der Waals surface area contributed by atoms with E-state index in [4.69, 9.17) is 28.2 Å². The van der Waals surface area contributed by atoms with Crippen molar-refractivity contribution in [3.05, 3.63) is 81.5 Å². The van der Waals surface area contributed by atoms with Crippen LogP contribution in [0.4, 0.5) is 10.2 Å². The Morgan fingerprint density at radius 2 is 1.93 bits per heavy atom. The first-order valence-electron chi connectivity index (χ1n) is 12.7. The number of halogens is 3. The summed E-state index contributed by atoms with van der Waals surface area (Å²) in [5, 5.41) is 0.680. The van der Waals surface area contributed by atoms with Crippen LogP contribution in [-0.4, -0.2) is 61.0 Å². The molecule has 0 saturated carbocycles. The van der Waals surface area contributed by atoms with E-state index in [1.165, 1.54) is 23.0 Å². The molecule has 206 valence electrons. The number of pyridine rings is 1. The molecule has 1 aromatic carbocycles. The first kappa shape index (κ1) is 27.7. The topological polar surface area (TPSA) is 97.1 Å². The standard InChI is InChI=1S/C28H26Cl2FN7O2/c1-5-21(39)36-10-11-37(16(4)13-36)26-18-12-19(29)23(17-8-6-7-9-20(17)31)34-27(18)38(28(40)35-26)24-22(15(2)3)32-14-33-25(24)30/h5-9,12,14-16H,1,10-11,13H2,2-4H3/t16-/m0/s1. The molecular weight excluding hydrogens is 556 g/mol. The summed E-state index contributed by atoms with van der Waals surface area (Å²) in [5.41, 5.74) is 0.617. The Hall–Kier alpha value is -3.89. The van der Waals surface area contributed by atoms with Gasteiger partial charge < -0.3 is 9.80 Å². The minimum atomic E-state index is -0.660. The SMILES string of the molecule is C=CC(=O)N1CCN(c2nc(=O)n(-c3c(Cl)ncnc3C(C)C)c3nc(-c4ccccc4F)c(Cl)cc23)[C@@H](C)C1. The molecule has 1 aliphatic heterocycles. The van der Waals surface area contributed by atoms with E-state index >= 15 is 0 Å². The van der Waals surface area contributed by atoms with E-state index in [0.29, 0.717) is 36.5 Å². The van der Waals surface area contributed by atoms with Crippen molar-refractivity contribution in [1.82, 2.24) is 29.4 Å². The lowest BCUT2D eigenvalue weighted by Crippen LogP contribution is -2.54. The maximum Gasteiger partial charge on any atom is 0.356 e. The largest absolute Gasteiger partial charge is 0.356 e. The van der Waals surface area contributed by atoms with Crippen molar-refractivity contribution < 1.29 is 9.18 Å². The number of piperazine rings is 1. The normalized spacial score (nSPS) is 15.6. The molecule has 1 saturated heterocycles. The summed E-state index contributed by atoms with van der Waals surface area (Å²) < 4.78 is 16.1. The quantitative estimate of drug-likeness (QED) is 0.241. The minimum Gasteiger partial charge on any atom is -0.350 e. The highest BCUT2D eigenvalue weighted by molar-refractivity contribution is 6.34. The number of carbonyl (C=O) groups is 1. The molecular formula is C28H26Cl2FN7O2. The second kappa shape index (κ2) is 10.9. The summed E-state index contributed by atoms with van der Waals surface area (Å²) in [6.07, 6.45) is 2.61. The van der Waals surface area contributed by atoms with Crippen LogP contribution in [0.5, 0.6) is 0 Å². The number of aromatic nitrogens is 5. The van der Waals surface area contributed by atoms with Gasteiger partial charge >= 0.3 is 5.69 Å². The van der Waals surface area contributed by atoms with Gasteiger partial charge in [0.25, 0.3) is 0 Å². The molecule has 0 N–H and O–H groups in total. The predicted molar refractivity (Wildman–Crippen MR) is 154 cm³/mol. The zero-order valence-electron chi connectivity index (χ0n) is 22.1. The fourth-order valence-corrected chi connectivity index (χ4v) is 5.45. The highest BCUT2D eigenvalue weighted by Gasteiger charge is 2.30. The van der Waals surface area contributed by atoms with Gasteiger partial charge in [0.1, 0.15) is 23.6 Å². The number of hydrogen-bond donors (Lipinski definition) is 0. The number of anilines is 1. The lowest BCUT2D eigenvalue weighted by molar-refractivity contribution is -0.126. The fourth-order valence-electron chi connectivity index (χ4n) is 4.97.